The van der Waals surface area contributed by atoms with Gasteiger partial charge in [0.1, 0.15) is 18.8 Å². The molecule has 0 aliphatic carbocycles. The number of nitrogens with zero attached hydrogens (tertiary/aromatic N) is 2. The predicted molar refractivity (Wildman–Crippen MR) is 76.4 cm³/mol. The van der Waals surface area contributed by atoms with E-state index in [-0.39, 0.29) is 0 Å². The molecule has 0 saturated carbocycles. The van der Waals surface area contributed by atoms with Gasteiger partial charge < -0.3 is 9.15 Å². The zero-order valence-electron chi connectivity index (χ0n) is 11.9. The van der Waals surface area contributed by atoms with Crippen molar-refractivity contribution in [2.75, 3.05) is 18.1 Å². The summed E-state index contributed by atoms with van der Waals surface area (Å²) in [6, 6.07) is 10.2. The summed E-state index contributed by atoms with van der Waals surface area (Å²) in [5.41, 5.74) is 0. The van der Waals surface area contributed by atoms with Gasteiger partial charge in [-0.2, -0.15) is 0 Å². The minimum absolute atomic E-state index is 0.324. The van der Waals surface area contributed by atoms with E-state index < -0.39 is 0 Å². The molecule has 1 saturated heterocycles. The van der Waals surface area contributed by atoms with Crippen LogP contribution in [0.4, 0.5) is 5.82 Å². The van der Waals surface area contributed by atoms with Gasteiger partial charge in [0.05, 0.1) is 25.6 Å². The molecule has 4 nitrogen and oxygen atoms in total. The van der Waals surface area contributed by atoms with Crippen LogP contribution >= 0.6 is 0 Å². The first-order valence-corrected chi connectivity index (χ1v) is 7.16. The summed E-state index contributed by atoms with van der Waals surface area (Å²) in [5, 5.41) is 0. The van der Waals surface area contributed by atoms with Gasteiger partial charge in [0.15, 0.2) is 0 Å². The van der Waals surface area contributed by atoms with Crippen molar-refractivity contribution in [3.8, 4) is 0 Å². The molecule has 20 heavy (non-hydrogen) atoms. The molecule has 1 aliphatic heterocycles. The monoisotopic (exact) mass is 273 g/mol. The van der Waals surface area contributed by atoms with Crippen LogP contribution in [0.3, 0.4) is 0 Å². The highest BCUT2D eigenvalue weighted by atomic mass is 16.5. The third-order valence-corrected chi connectivity index (χ3v) is 3.73. The third kappa shape index (κ3) is 3.02. The average molecular weight is 273 g/mol. The van der Waals surface area contributed by atoms with Crippen LogP contribution in [0, 0.1) is 0 Å². The van der Waals surface area contributed by atoms with Crippen LogP contribution in [0.15, 0.2) is 47.2 Å². The number of anilines is 1. The van der Waals surface area contributed by atoms with Gasteiger partial charge in [-0.05, 0) is 31.0 Å². The number of hydrogen-bond donors (Lipinski definition) is 0. The van der Waals surface area contributed by atoms with Gasteiger partial charge in [-0.3, -0.25) is 4.90 Å². The summed E-state index contributed by atoms with van der Waals surface area (Å²) in [6.45, 7) is 2.56. The van der Waals surface area contributed by atoms with E-state index in [0.717, 1.165) is 31.9 Å². The van der Waals surface area contributed by atoms with E-state index >= 15 is 0 Å². The molecule has 106 valence electrons. The topological polar surface area (TPSA) is 29.5 Å². The number of hydrogen-bond acceptors (Lipinski definition) is 3. The number of rotatable bonds is 5. The van der Waals surface area contributed by atoms with Crippen LogP contribution < -0.4 is 9.47 Å². The summed E-state index contributed by atoms with van der Waals surface area (Å²) in [7, 11) is 2.07. The molecule has 0 N–H and O–H groups in total. The molecule has 0 bridgehead atoms. The van der Waals surface area contributed by atoms with Gasteiger partial charge in [0, 0.05) is 12.7 Å². The summed E-state index contributed by atoms with van der Waals surface area (Å²) in [4.78, 5) is 2.33. The lowest BCUT2D eigenvalue weighted by Crippen LogP contribution is -2.41. The number of ether oxygens (including phenoxy) is 1. The van der Waals surface area contributed by atoms with Gasteiger partial charge in [-0.1, -0.05) is 6.07 Å². The standard InChI is InChI=1S/C16H21N2O2/c1-17-9-3-2-8-16(17)18(12-14-6-4-10-19-14)13-15-7-5-11-20-15/h2-4,6,8-10,15H,5,7,11-13H2,1H3/q+1. The summed E-state index contributed by atoms with van der Waals surface area (Å²) in [5.74, 6) is 2.16. The maximum atomic E-state index is 5.78. The molecule has 4 heteroatoms. The second kappa shape index (κ2) is 6.09. The largest absolute Gasteiger partial charge is 0.465 e. The Morgan fingerprint density at radius 2 is 2.25 bits per heavy atom. The number of furan rings is 1. The Labute approximate surface area is 119 Å². The van der Waals surface area contributed by atoms with Crippen molar-refractivity contribution in [2.24, 2.45) is 7.05 Å². The van der Waals surface area contributed by atoms with E-state index in [9.17, 15) is 0 Å². The van der Waals surface area contributed by atoms with Crippen LogP contribution in [-0.4, -0.2) is 19.3 Å². The normalized spacial score (nSPS) is 18.4. The van der Waals surface area contributed by atoms with E-state index in [2.05, 4.69) is 34.8 Å². The van der Waals surface area contributed by atoms with E-state index in [1.807, 2.05) is 18.2 Å². The Hall–Kier alpha value is -1.81. The maximum Gasteiger partial charge on any atom is 0.276 e. The average Bonchev–Trinajstić information content (AvgIpc) is 3.12. The van der Waals surface area contributed by atoms with Crippen LogP contribution in [0.25, 0.3) is 0 Å². The van der Waals surface area contributed by atoms with Gasteiger partial charge in [0.25, 0.3) is 5.82 Å². The molecule has 3 rings (SSSR count). The van der Waals surface area contributed by atoms with Crippen molar-refractivity contribution in [1.29, 1.82) is 0 Å². The molecular weight excluding hydrogens is 252 g/mol. The van der Waals surface area contributed by atoms with Crippen molar-refractivity contribution >= 4 is 5.82 Å². The van der Waals surface area contributed by atoms with E-state index in [0.29, 0.717) is 6.10 Å². The highest BCUT2D eigenvalue weighted by molar-refractivity contribution is 5.33. The molecule has 0 amide bonds. The van der Waals surface area contributed by atoms with Crippen LogP contribution in [0.5, 0.6) is 0 Å². The SMILES string of the molecule is C[n+]1ccccc1N(Cc1ccco1)CC1CCCO1. The lowest BCUT2D eigenvalue weighted by molar-refractivity contribution is -0.659. The highest BCUT2D eigenvalue weighted by Crippen LogP contribution is 2.19. The van der Waals surface area contributed by atoms with Crippen molar-refractivity contribution in [3.63, 3.8) is 0 Å². The molecule has 0 spiro atoms. The molecule has 1 aliphatic rings. The molecule has 0 aromatic carbocycles. The fraction of sp³-hybridized carbons (Fsp3) is 0.438. The third-order valence-electron chi connectivity index (χ3n) is 3.73. The highest BCUT2D eigenvalue weighted by Gasteiger charge is 2.26. The van der Waals surface area contributed by atoms with E-state index in [1.165, 1.54) is 12.2 Å². The lowest BCUT2D eigenvalue weighted by Gasteiger charge is -2.20. The zero-order chi connectivity index (χ0) is 13.8. The Morgan fingerprint density at radius 3 is 2.95 bits per heavy atom. The van der Waals surface area contributed by atoms with Crippen molar-refractivity contribution in [2.45, 2.75) is 25.5 Å². The number of aryl methyl sites for hydroxylation is 1. The molecule has 3 heterocycles. The van der Waals surface area contributed by atoms with Crippen LogP contribution in [0.2, 0.25) is 0 Å². The van der Waals surface area contributed by atoms with Gasteiger partial charge in [-0.25, -0.2) is 4.57 Å². The van der Waals surface area contributed by atoms with E-state index in [1.54, 1.807) is 6.26 Å². The van der Waals surface area contributed by atoms with Gasteiger partial charge in [0.2, 0.25) is 0 Å². The molecule has 1 atom stereocenters. The second-order valence-corrected chi connectivity index (χ2v) is 5.26. The summed E-state index contributed by atoms with van der Waals surface area (Å²) >= 11 is 0. The summed E-state index contributed by atoms with van der Waals surface area (Å²) in [6.07, 6.45) is 6.43. The minimum atomic E-state index is 0.324. The molecule has 1 unspecified atom stereocenters. The summed E-state index contributed by atoms with van der Waals surface area (Å²) < 4.78 is 13.4. The van der Waals surface area contributed by atoms with E-state index in [4.69, 9.17) is 9.15 Å². The Balaban J connectivity index is 1.80. The lowest BCUT2D eigenvalue weighted by atomic mass is 10.2. The quantitative estimate of drug-likeness (QED) is 0.783. The first-order valence-electron chi connectivity index (χ1n) is 7.16. The molecule has 1 fully saturated rings. The van der Waals surface area contributed by atoms with Crippen molar-refractivity contribution in [3.05, 3.63) is 48.6 Å². The smallest absolute Gasteiger partial charge is 0.276 e. The molecule has 2 aromatic rings. The van der Waals surface area contributed by atoms with Crippen molar-refractivity contribution in [1.82, 2.24) is 0 Å². The number of pyridine rings is 1. The first-order chi connectivity index (χ1) is 9.83. The van der Waals surface area contributed by atoms with Crippen LogP contribution in [-0.2, 0) is 18.3 Å². The van der Waals surface area contributed by atoms with Gasteiger partial charge in [-0.15, -0.1) is 0 Å². The first kappa shape index (κ1) is 13.2. The molecular formula is C16H21N2O2+. The second-order valence-electron chi connectivity index (χ2n) is 5.26. The zero-order valence-corrected chi connectivity index (χ0v) is 11.9. The minimum Gasteiger partial charge on any atom is -0.465 e. The number of aromatic nitrogens is 1. The molecule has 2 aromatic heterocycles. The Bertz CT molecular complexity index is 533. The molecule has 0 radical (unpaired) electrons. The Morgan fingerprint density at radius 1 is 1.30 bits per heavy atom. The maximum absolute atomic E-state index is 5.78. The fourth-order valence-corrected chi connectivity index (χ4v) is 2.71. The van der Waals surface area contributed by atoms with Crippen LogP contribution in [0.1, 0.15) is 18.6 Å². The van der Waals surface area contributed by atoms with Gasteiger partial charge >= 0.3 is 0 Å². The Kier molecular flexibility index (Phi) is 4.02. The van der Waals surface area contributed by atoms with Crippen molar-refractivity contribution < 1.29 is 13.7 Å². The predicted octanol–water partition coefficient (Wildman–Crippen LogP) is 2.29. The fourth-order valence-electron chi connectivity index (χ4n) is 2.71.